The molecular weight excluding hydrogens is 226 g/mol. The number of likely N-dealkylation sites (N-methyl/N-ethyl adjacent to an activating group) is 1. The molecule has 96 valence electrons. The van der Waals surface area contributed by atoms with Gasteiger partial charge in [-0.25, -0.2) is 8.42 Å². The highest BCUT2D eigenvalue weighted by molar-refractivity contribution is 7.90. The minimum Gasteiger partial charge on any atom is -0.389 e. The van der Waals surface area contributed by atoms with E-state index in [1.807, 2.05) is 11.9 Å². The first-order valence-corrected chi connectivity index (χ1v) is 7.95. The molecule has 5 heteroatoms. The maximum absolute atomic E-state index is 11.0. The number of hydrogen-bond acceptors (Lipinski definition) is 4. The molecule has 1 fully saturated rings. The van der Waals surface area contributed by atoms with Crippen molar-refractivity contribution in [1.82, 2.24) is 4.90 Å². The third kappa shape index (κ3) is 5.27. The Bertz CT molecular complexity index is 307. The van der Waals surface area contributed by atoms with Crippen molar-refractivity contribution >= 4 is 9.84 Å². The van der Waals surface area contributed by atoms with E-state index in [-0.39, 0.29) is 5.75 Å². The second-order valence-electron chi connectivity index (χ2n) is 5.15. The molecule has 0 radical (unpaired) electrons. The average molecular weight is 249 g/mol. The van der Waals surface area contributed by atoms with Gasteiger partial charge in [0.2, 0.25) is 0 Å². The number of sulfone groups is 1. The van der Waals surface area contributed by atoms with Crippen LogP contribution in [0.5, 0.6) is 0 Å². The van der Waals surface area contributed by atoms with Gasteiger partial charge >= 0.3 is 0 Å². The number of hydrogen-bond donors (Lipinski definition) is 1. The molecule has 0 heterocycles. The maximum Gasteiger partial charge on any atom is 0.147 e. The van der Waals surface area contributed by atoms with Crippen molar-refractivity contribution in [3.63, 3.8) is 0 Å². The Kier molecular flexibility index (Phi) is 4.76. The zero-order valence-corrected chi connectivity index (χ0v) is 11.1. The summed E-state index contributed by atoms with van der Waals surface area (Å²) in [5.41, 5.74) is -0.528. The molecule has 0 unspecified atom stereocenters. The first kappa shape index (κ1) is 13.9. The molecule has 4 nitrogen and oxygen atoms in total. The van der Waals surface area contributed by atoms with Crippen LogP contribution in [0.2, 0.25) is 0 Å². The molecule has 0 aliphatic heterocycles. The number of rotatable bonds is 6. The third-order valence-electron chi connectivity index (χ3n) is 3.15. The van der Waals surface area contributed by atoms with Crippen LogP contribution in [0, 0.1) is 0 Å². The van der Waals surface area contributed by atoms with Gasteiger partial charge in [0.05, 0.1) is 11.4 Å². The second kappa shape index (κ2) is 5.47. The summed E-state index contributed by atoms with van der Waals surface area (Å²) in [7, 11) is -0.908. The van der Waals surface area contributed by atoms with E-state index in [2.05, 4.69) is 0 Å². The Balaban J connectivity index is 2.23. The van der Waals surface area contributed by atoms with Crippen molar-refractivity contribution in [1.29, 1.82) is 0 Å². The molecule has 0 aromatic rings. The van der Waals surface area contributed by atoms with E-state index in [4.69, 9.17) is 0 Å². The first-order valence-electron chi connectivity index (χ1n) is 5.89. The fourth-order valence-electron chi connectivity index (χ4n) is 2.37. The van der Waals surface area contributed by atoms with Gasteiger partial charge in [0.15, 0.2) is 0 Å². The highest BCUT2D eigenvalue weighted by Crippen LogP contribution is 2.29. The van der Waals surface area contributed by atoms with Gasteiger partial charge in [-0.1, -0.05) is 12.8 Å². The molecule has 1 aliphatic rings. The minimum atomic E-state index is -2.85. The molecule has 0 atom stereocenters. The van der Waals surface area contributed by atoms with Crippen molar-refractivity contribution in [2.75, 3.05) is 32.1 Å². The van der Waals surface area contributed by atoms with E-state index in [1.165, 1.54) is 6.26 Å². The van der Waals surface area contributed by atoms with Crippen molar-refractivity contribution in [3.8, 4) is 0 Å². The lowest BCUT2D eigenvalue weighted by Gasteiger charge is -2.28. The van der Waals surface area contributed by atoms with E-state index in [1.54, 1.807) is 0 Å². The van der Waals surface area contributed by atoms with Crippen LogP contribution >= 0.6 is 0 Å². The van der Waals surface area contributed by atoms with Gasteiger partial charge in [0.1, 0.15) is 9.84 Å². The summed E-state index contributed by atoms with van der Waals surface area (Å²) < 4.78 is 21.9. The predicted octanol–water partition coefficient (Wildman–Crippen LogP) is 0.658. The Morgan fingerprint density at radius 2 is 1.88 bits per heavy atom. The molecule has 1 saturated carbocycles. The van der Waals surface area contributed by atoms with Gasteiger partial charge in [0.25, 0.3) is 0 Å². The van der Waals surface area contributed by atoms with E-state index in [0.29, 0.717) is 13.0 Å². The highest BCUT2D eigenvalue weighted by atomic mass is 32.2. The summed E-state index contributed by atoms with van der Waals surface area (Å²) in [4.78, 5) is 2.04. The summed E-state index contributed by atoms with van der Waals surface area (Å²) in [5.74, 6) is 0.232. The van der Waals surface area contributed by atoms with Gasteiger partial charge in [0, 0.05) is 12.8 Å². The first-order chi connectivity index (χ1) is 7.31. The van der Waals surface area contributed by atoms with Crippen molar-refractivity contribution in [3.05, 3.63) is 0 Å². The van der Waals surface area contributed by atoms with Crippen LogP contribution in [0.1, 0.15) is 32.1 Å². The van der Waals surface area contributed by atoms with Crippen LogP contribution in [0.4, 0.5) is 0 Å². The average Bonchev–Trinajstić information content (AvgIpc) is 2.49. The Morgan fingerprint density at radius 1 is 1.31 bits per heavy atom. The lowest BCUT2D eigenvalue weighted by atomic mass is 10.0. The normalized spacial score (nSPS) is 20.5. The largest absolute Gasteiger partial charge is 0.389 e. The Labute approximate surface area is 98.6 Å². The SMILES string of the molecule is CN(CCCS(C)(=O)=O)CC1(O)CCCC1. The molecule has 1 aliphatic carbocycles. The number of nitrogens with zero attached hydrogens (tertiary/aromatic N) is 1. The molecule has 0 saturated heterocycles. The van der Waals surface area contributed by atoms with Gasteiger partial charge in [-0.15, -0.1) is 0 Å². The van der Waals surface area contributed by atoms with Crippen LogP contribution in [-0.4, -0.2) is 56.2 Å². The lowest BCUT2D eigenvalue weighted by Crippen LogP contribution is -2.39. The summed E-state index contributed by atoms with van der Waals surface area (Å²) in [5, 5.41) is 10.2. The van der Waals surface area contributed by atoms with Crippen LogP contribution in [0.25, 0.3) is 0 Å². The third-order valence-corrected chi connectivity index (χ3v) is 4.18. The molecule has 16 heavy (non-hydrogen) atoms. The Morgan fingerprint density at radius 3 is 2.38 bits per heavy atom. The summed E-state index contributed by atoms with van der Waals surface area (Å²) in [6, 6.07) is 0. The van der Waals surface area contributed by atoms with Crippen LogP contribution in [0.15, 0.2) is 0 Å². The monoisotopic (exact) mass is 249 g/mol. The van der Waals surface area contributed by atoms with E-state index >= 15 is 0 Å². The molecule has 1 N–H and O–H groups in total. The van der Waals surface area contributed by atoms with Gasteiger partial charge in [-0.05, 0) is 32.9 Å². The fourth-order valence-corrected chi connectivity index (χ4v) is 3.02. The molecular formula is C11H23NO3S. The molecule has 0 amide bonds. The maximum atomic E-state index is 11.0. The quantitative estimate of drug-likeness (QED) is 0.751. The number of aliphatic hydroxyl groups is 1. The van der Waals surface area contributed by atoms with E-state index in [0.717, 1.165) is 32.2 Å². The zero-order chi connectivity index (χ0) is 12.2. The van der Waals surface area contributed by atoms with Crippen LogP contribution < -0.4 is 0 Å². The van der Waals surface area contributed by atoms with Crippen molar-refractivity contribution in [2.45, 2.75) is 37.7 Å². The summed E-state index contributed by atoms with van der Waals surface area (Å²) in [6.45, 7) is 1.39. The zero-order valence-electron chi connectivity index (χ0n) is 10.3. The summed E-state index contributed by atoms with van der Waals surface area (Å²) >= 11 is 0. The van der Waals surface area contributed by atoms with E-state index < -0.39 is 15.4 Å². The van der Waals surface area contributed by atoms with Gasteiger partial charge < -0.3 is 10.0 Å². The highest BCUT2D eigenvalue weighted by Gasteiger charge is 2.31. The van der Waals surface area contributed by atoms with Gasteiger partial charge in [-0.3, -0.25) is 0 Å². The van der Waals surface area contributed by atoms with Gasteiger partial charge in [-0.2, -0.15) is 0 Å². The lowest BCUT2D eigenvalue weighted by molar-refractivity contribution is 0.0165. The van der Waals surface area contributed by atoms with Crippen LogP contribution in [0.3, 0.4) is 0 Å². The van der Waals surface area contributed by atoms with E-state index in [9.17, 15) is 13.5 Å². The predicted molar refractivity (Wildman–Crippen MR) is 65.2 cm³/mol. The van der Waals surface area contributed by atoms with Crippen LogP contribution in [-0.2, 0) is 9.84 Å². The fraction of sp³-hybridized carbons (Fsp3) is 1.00. The van der Waals surface area contributed by atoms with Crippen molar-refractivity contribution < 1.29 is 13.5 Å². The standard InChI is InChI=1S/C11H23NO3S/c1-12(8-5-9-16(2,14)15)10-11(13)6-3-4-7-11/h13H,3-10H2,1-2H3. The molecule has 0 bridgehead atoms. The topological polar surface area (TPSA) is 57.6 Å². The summed E-state index contributed by atoms with van der Waals surface area (Å²) in [6.07, 6.45) is 5.87. The van der Waals surface area contributed by atoms with Crippen molar-refractivity contribution in [2.24, 2.45) is 0 Å². The molecule has 0 aromatic carbocycles. The molecule has 0 spiro atoms. The Hall–Kier alpha value is -0.130. The minimum absolute atomic E-state index is 0.232. The molecule has 1 rings (SSSR count). The second-order valence-corrected chi connectivity index (χ2v) is 7.41. The molecule has 0 aromatic heterocycles. The smallest absolute Gasteiger partial charge is 0.147 e.